The van der Waals surface area contributed by atoms with Crippen molar-refractivity contribution in [1.29, 1.82) is 0 Å². The van der Waals surface area contributed by atoms with E-state index >= 15 is 0 Å². The molecule has 0 aliphatic rings. The molecular formula is C10H11FN4S. The fraction of sp³-hybridized carbons (Fsp3) is 0.200. The van der Waals surface area contributed by atoms with Gasteiger partial charge in [0.2, 0.25) is 5.13 Å². The molecule has 1 aromatic heterocycles. The summed E-state index contributed by atoms with van der Waals surface area (Å²) >= 11 is 1.31. The van der Waals surface area contributed by atoms with Crippen LogP contribution in [0.15, 0.2) is 24.3 Å². The first-order valence-electron chi connectivity index (χ1n) is 4.70. The second-order valence-electron chi connectivity index (χ2n) is 3.34. The molecule has 1 heterocycles. The molecule has 0 radical (unpaired) electrons. The van der Waals surface area contributed by atoms with E-state index in [9.17, 15) is 4.39 Å². The highest BCUT2D eigenvalue weighted by atomic mass is 32.1. The van der Waals surface area contributed by atoms with Crippen LogP contribution >= 0.6 is 11.3 Å². The topological polar surface area (TPSA) is 55.0 Å². The number of para-hydroxylation sites is 1. The normalized spacial score (nSPS) is 10.4. The molecule has 0 bridgehead atoms. The molecule has 0 aliphatic heterocycles. The van der Waals surface area contributed by atoms with Gasteiger partial charge in [-0.25, -0.2) is 4.39 Å². The van der Waals surface area contributed by atoms with E-state index in [2.05, 4.69) is 10.2 Å². The van der Waals surface area contributed by atoms with Crippen LogP contribution in [0.3, 0.4) is 0 Å². The molecule has 6 heteroatoms. The van der Waals surface area contributed by atoms with E-state index in [1.807, 2.05) is 0 Å². The summed E-state index contributed by atoms with van der Waals surface area (Å²) in [5.41, 5.74) is 6.01. The van der Waals surface area contributed by atoms with Gasteiger partial charge < -0.3 is 10.6 Å². The average molecular weight is 238 g/mol. The van der Waals surface area contributed by atoms with Crippen molar-refractivity contribution in [2.24, 2.45) is 0 Å². The van der Waals surface area contributed by atoms with Gasteiger partial charge in [0.05, 0.1) is 12.2 Å². The van der Waals surface area contributed by atoms with Crippen molar-refractivity contribution in [3.05, 3.63) is 35.1 Å². The fourth-order valence-electron chi connectivity index (χ4n) is 1.38. The van der Waals surface area contributed by atoms with E-state index in [1.54, 1.807) is 30.1 Å². The predicted octanol–water partition coefficient (Wildman–Crippen LogP) is 1.90. The van der Waals surface area contributed by atoms with Gasteiger partial charge in [-0.2, -0.15) is 0 Å². The lowest BCUT2D eigenvalue weighted by molar-refractivity contribution is 0.622. The van der Waals surface area contributed by atoms with Crippen LogP contribution in [0.2, 0.25) is 0 Å². The van der Waals surface area contributed by atoms with Crippen LogP contribution in [0.5, 0.6) is 0 Å². The molecule has 0 spiro atoms. The van der Waals surface area contributed by atoms with Crippen LogP contribution in [0.1, 0.15) is 5.01 Å². The van der Waals surface area contributed by atoms with E-state index < -0.39 is 0 Å². The van der Waals surface area contributed by atoms with Gasteiger partial charge in [0, 0.05) is 7.05 Å². The van der Waals surface area contributed by atoms with Gasteiger partial charge in [-0.1, -0.05) is 23.5 Å². The second kappa shape index (κ2) is 4.44. The standard InChI is InChI=1S/C10H11FN4S/c1-15(6-9-13-14-10(12)16-9)8-5-3-2-4-7(8)11/h2-5H,6H2,1H3,(H2,12,14). The second-order valence-corrected chi connectivity index (χ2v) is 4.44. The molecule has 0 saturated heterocycles. The number of halogens is 1. The average Bonchev–Trinajstić information content (AvgIpc) is 2.64. The minimum atomic E-state index is -0.248. The number of rotatable bonds is 3. The molecule has 16 heavy (non-hydrogen) atoms. The maximum atomic E-state index is 13.4. The number of nitrogens with zero attached hydrogens (tertiary/aromatic N) is 3. The molecular weight excluding hydrogens is 227 g/mol. The van der Waals surface area contributed by atoms with Crippen LogP contribution in [0.25, 0.3) is 0 Å². The number of nitrogens with two attached hydrogens (primary N) is 1. The number of hydrogen-bond donors (Lipinski definition) is 1. The molecule has 2 N–H and O–H groups in total. The summed E-state index contributed by atoms with van der Waals surface area (Å²) in [6.45, 7) is 0.496. The number of benzene rings is 1. The Bertz CT molecular complexity index is 485. The molecule has 0 unspecified atom stereocenters. The van der Waals surface area contributed by atoms with Gasteiger partial charge in [-0.05, 0) is 12.1 Å². The van der Waals surface area contributed by atoms with Crippen molar-refractivity contribution >= 4 is 22.2 Å². The Hall–Kier alpha value is -1.69. The molecule has 0 amide bonds. The van der Waals surface area contributed by atoms with Crippen molar-refractivity contribution in [3.8, 4) is 0 Å². The van der Waals surface area contributed by atoms with Crippen LogP contribution in [0, 0.1) is 5.82 Å². The molecule has 0 fully saturated rings. The minimum Gasteiger partial charge on any atom is -0.374 e. The minimum absolute atomic E-state index is 0.248. The third kappa shape index (κ3) is 2.27. The first kappa shape index (κ1) is 10.8. The van der Waals surface area contributed by atoms with Gasteiger partial charge in [-0.15, -0.1) is 10.2 Å². The Morgan fingerprint density at radius 1 is 1.38 bits per heavy atom. The summed E-state index contributed by atoms with van der Waals surface area (Å²) in [5, 5.41) is 8.80. The Morgan fingerprint density at radius 2 is 2.12 bits per heavy atom. The predicted molar refractivity (Wildman–Crippen MR) is 62.8 cm³/mol. The van der Waals surface area contributed by atoms with Crippen molar-refractivity contribution in [3.63, 3.8) is 0 Å². The molecule has 0 saturated carbocycles. The Labute approximate surface area is 96.5 Å². The SMILES string of the molecule is CN(Cc1nnc(N)s1)c1ccccc1F. The van der Waals surface area contributed by atoms with Crippen LogP contribution in [0.4, 0.5) is 15.2 Å². The molecule has 4 nitrogen and oxygen atoms in total. The maximum absolute atomic E-state index is 13.4. The van der Waals surface area contributed by atoms with Crippen molar-refractivity contribution < 1.29 is 4.39 Å². The van der Waals surface area contributed by atoms with E-state index in [-0.39, 0.29) is 5.82 Å². The van der Waals surface area contributed by atoms with Gasteiger partial charge in [0.1, 0.15) is 10.8 Å². The smallest absolute Gasteiger partial charge is 0.203 e. The zero-order valence-corrected chi connectivity index (χ0v) is 9.54. The molecule has 1 aromatic carbocycles. The van der Waals surface area contributed by atoms with Gasteiger partial charge in [-0.3, -0.25) is 0 Å². The summed E-state index contributed by atoms with van der Waals surface area (Å²) in [7, 11) is 1.80. The Morgan fingerprint density at radius 3 is 2.75 bits per heavy atom. The van der Waals surface area contributed by atoms with Crippen molar-refractivity contribution in [2.75, 3.05) is 17.7 Å². The van der Waals surface area contributed by atoms with Crippen molar-refractivity contribution in [2.45, 2.75) is 6.54 Å². The fourth-order valence-corrected chi connectivity index (χ4v) is 2.04. The quantitative estimate of drug-likeness (QED) is 0.887. The maximum Gasteiger partial charge on any atom is 0.203 e. The summed E-state index contributed by atoms with van der Waals surface area (Å²) in [6, 6.07) is 6.61. The first-order chi connectivity index (χ1) is 7.66. The lowest BCUT2D eigenvalue weighted by Crippen LogP contribution is -2.17. The molecule has 0 aliphatic carbocycles. The lowest BCUT2D eigenvalue weighted by atomic mass is 10.3. The van der Waals surface area contributed by atoms with Gasteiger partial charge in [0.15, 0.2) is 0 Å². The molecule has 0 atom stereocenters. The monoisotopic (exact) mass is 238 g/mol. The number of hydrogen-bond acceptors (Lipinski definition) is 5. The zero-order chi connectivity index (χ0) is 11.5. The number of aromatic nitrogens is 2. The number of anilines is 2. The summed E-state index contributed by atoms with van der Waals surface area (Å²) in [4.78, 5) is 1.77. The molecule has 2 rings (SSSR count). The van der Waals surface area contributed by atoms with Crippen LogP contribution in [-0.2, 0) is 6.54 Å². The highest BCUT2D eigenvalue weighted by Crippen LogP contribution is 2.20. The van der Waals surface area contributed by atoms with Gasteiger partial charge in [0.25, 0.3) is 0 Å². The van der Waals surface area contributed by atoms with Crippen LogP contribution < -0.4 is 10.6 Å². The summed E-state index contributed by atoms with van der Waals surface area (Å²) in [5.74, 6) is -0.248. The zero-order valence-electron chi connectivity index (χ0n) is 8.72. The van der Waals surface area contributed by atoms with Crippen LogP contribution in [-0.4, -0.2) is 17.2 Å². The number of nitrogen functional groups attached to an aromatic ring is 1. The third-order valence-corrected chi connectivity index (χ3v) is 2.86. The largest absolute Gasteiger partial charge is 0.374 e. The van der Waals surface area contributed by atoms with E-state index in [0.717, 1.165) is 5.01 Å². The molecule has 84 valence electrons. The lowest BCUT2D eigenvalue weighted by Gasteiger charge is -2.17. The molecule has 2 aromatic rings. The first-order valence-corrected chi connectivity index (χ1v) is 5.52. The Kier molecular flexibility index (Phi) is 3.00. The highest BCUT2D eigenvalue weighted by molar-refractivity contribution is 7.15. The highest BCUT2D eigenvalue weighted by Gasteiger charge is 2.09. The summed E-state index contributed by atoms with van der Waals surface area (Å²) in [6.07, 6.45) is 0. The van der Waals surface area contributed by atoms with E-state index in [0.29, 0.717) is 17.4 Å². The van der Waals surface area contributed by atoms with Gasteiger partial charge >= 0.3 is 0 Å². The van der Waals surface area contributed by atoms with E-state index in [4.69, 9.17) is 5.73 Å². The third-order valence-electron chi connectivity index (χ3n) is 2.12. The van der Waals surface area contributed by atoms with E-state index in [1.165, 1.54) is 17.4 Å². The Balaban J connectivity index is 2.14. The summed E-state index contributed by atoms with van der Waals surface area (Å²) < 4.78 is 13.4. The van der Waals surface area contributed by atoms with Crippen molar-refractivity contribution in [1.82, 2.24) is 10.2 Å².